The second kappa shape index (κ2) is 3.31. The number of hydrogen-bond acceptors (Lipinski definition) is 4. The van der Waals surface area contributed by atoms with Gasteiger partial charge in [0.1, 0.15) is 4.90 Å². The maximum absolute atomic E-state index is 10.6. The molecule has 3 N–H and O–H groups in total. The summed E-state index contributed by atoms with van der Waals surface area (Å²) in [7, 11) is -4.49. The van der Waals surface area contributed by atoms with Gasteiger partial charge in [-0.05, 0) is 34.7 Å². The van der Waals surface area contributed by atoms with Crippen LogP contribution in [-0.2, 0) is 10.1 Å². The molecule has 0 aromatic heterocycles. The summed E-state index contributed by atoms with van der Waals surface area (Å²) < 4.78 is 30.3. The van der Waals surface area contributed by atoms with E-state index < -0.39 is 26.5 Å². The summed E-state index contributed by atoms with van der Waals surface area (Å²) in [5.74, 6) is -1.43. The first-order valence-corrected chi connectivity index (χ1v) is 5.53. The number of phenolic OH excluding ortho intramolecular Hbond substituents is 2. The van der Waals surface area contributed by atoms with Gasteiger partial charge in [-0.15, -0.1) is 0 Å². The molecule has 0 atom stereocenters. The molecule has 0 aliphatic rings. The fourth-order valence-electron chi connectivity index (χ4n) is 0.757. The monoisotopic (exact) mass is 316 g/mol. The van der Waals surface area contributed by atoms with Crippen LogP contribution in [0.15, 0.2) is 17.0 Å². The van der Waals surface area contributed by atoms with E-state index in [9.17, 15) is 8.42 Å². The molecule has 5 nitrogen and oxygen atoms in total. The van der Waals surface area contributed by atoms with E-state index in [1.165, 1.54) is 6.07 Å². The number of phenols is 2. The number of halogens is 1. The van der Waals surface area contributed by atoms with Crippen LogP contribution in [-0.4, -0.2) is 23.2 Å². The standard InChI is InChI=1S/C6H5IO5S/c7-3-1-4(8)6(9)5(2-3)13(10,11)12/h1-2,8-9H,(H,10,11,12). The molecule has 0 fully saturated rings. The van der Waals surface area contributed by atoms with Gasteiger partial charge in [0.05, 0.1) is 0 Å². The number of aromatic hydroxyl groups is 2. The summed E-state index contributed by atoms with van der Waals surface area (Å²) in [6.07, 6.45) is 0. The Balaban J connectivity index is 3.56. The Morgan fingerprint density at radius 1 is 1.23 bits per heavy atom. The number of hydrogen-bond donors (Lipinski definition) is 3. The Morgan fingerprint density at radius 2 is 1.77 bits per heavy atom. The fourth-order valence-corrected chi connectivity index (χ4v) is 2.20. The molecule has 1 aromatic carbocycles. The number of rotatable bonds is 1. The number of benzene rings is 1. The molecule has 0 bridgehead atoms. The molecule has 1 aromatic rings. The fraction of sp³-hybridized carbons (Fsp3) is 0. The second-order valence-corrected chi connectivity index (χ2v) is 4.88. The molecule has 7 heteroatoms. The average Bonchev–Trinajstić information content (AvgIpc) is 1.94. The molecule has 0 heterocycles. The van der Waals surface area contributed by atoms with Gasteiger partial charge in [0.15, 0.2) is 11.5 Å². The Hall–Kier alpha value is -0.540. The molecule has 0 unspecified atom stereocenters. The third-order valence-corrected chi connectivity index (χ3v) is 2.79. The van der Waals surface area contributed by atoms with E-state index in [-0.39, 0.29) is 0 Å². The summed E-state index contributed by atoms with van der Waals surface area (Å²) in [6, 6.07) is 2.22. The van der Waals surface area contributed by atoms with Crippen LogP contribution in [0.4, 0.5) is 0 Å². The van der Waals surface area contributed by atoms with Gasteiger partial charge in [-0.25, -0.2) is 0 Å². The minimum Gasteiger partial charge on any atom is -0.504 e. The van der Waals surface area contributed by atoms with Crippen LogP contribution in [0, 0.1) is 3.57 Å². The average molecular weight is 316 g/mol. The first kappa shape index (κ1) is 10.5. The van der Waals surface area contributed by atoms with E-state index in [2.05, 4.69) is 0 Å². The van der Waals surface area contributed by atoms with Gasteiger partial charge in [0.2, 0.25) is 0 Å². The summed E-state index contributed by atoms with van der Waals surface area (Å²) in [4.78, 5) is -0.697. The zero-order valence-electron chi connectivity index (χ0n) is 6.10. The van der Waals surface area contributed by atoms with Crippen molar-refractivity contribution < 1.29 is 23.2 Å². The predicted octanol–water partition coefficient (Wildman–Crippen LogP) is 0.949. The summed E-state index contributed by atoms with van der Waals surface area (Å²) in [5, 5.41) is 18.1. The van der Waals surface area contributed by atoms with Gasteiger partial charge in [-0.2, -0.15) is 8.42 Å². The van der Waals surface area contributed by atoms with Crippen LogP contribution in [0.1, 0.15) is 0 Å². The van der Waals surface area contributed by atoms with Crippen molar-refractivity contribution >= 4 is 32.7 Å². The van der Waals surface area contributed by atoms with Gasteiger partial charge in [0, 0.05) is 3.57 Å². The van der Waals surface area contributed by atoms with Crippen LogP contribution in [0.2, 0.25) is 0 Å². The van der Waals surface area contributed by atoms with Crippen LogP contribution < -0.4 is 0 Å². The highest BCUT2D eigenvalue weighted by molar-refractivity contribution is 14.1. The molecule has 72 valence electrons. The molecule has 0 spiro atoms. The highest BCUT2D eigenvalue weighted by atomic mass is 127. The third-order valence-electron chi connectivity index (χ3n) is 1.30. The molecule has 0 amide bonds. The largest absolute Gasteiger partial charge is 0.504 e. The molecule has 0 saturated heterocycles. The first-order valence-electron chi connectivity index (χ1n) is 3.01. The van der Waals surface area contributed by atoms with E-state index in [0.717, 1.165) is 6.07 Å². The van der Waals surface area contributed by atoms with E-state index in [4.69, 9.17) is 14.8 Å². The minimum absolute atomic E-state index is 0.389. The van der Waals surface area contributed by atoms with Gasteiger partial charge in [-0.3, -0.25) is 4.55 Å². The lowest BCUT2D eigenvalue weighted by molar-refractivity contribution is 0.388. The van der Waals surface area contributed by atoms with Crippen molar-refractivity contribution in [3.63, 3.8) is 0 Å². The molecule has 0 saturated carbocycles. The van der Waals surface area contributed by atoms with Crippen molar-refractivity contribution in [1.82, 2.24) is 0 Å². The first-order chi connectivity index (χ1) is 5.82. The highest BCUT2D eigenvalue weighted by Crippen LogP contribution is 2.33. The molecule has 1 rings (SSSR count). The van der Waals surface area contributed by atoms with Crippen LogP contribution in [0.5, 0.6) is 11.5 Å². The molecule has 13 heavy (non-hydrogen) atoms. The molecule has 0 radical (unpaired) electrons. The van der Waals surface area contributed by atoms with Gasteiger partial charge < -0.3 is 10.2 Å². The van der Waals surface area contributed by atoms with E-state index in [0.29, 0.717) is 3.57 Å². The summed E-state index contributed by atoms with van der Waals surface area (Å²) in [5.41, 5.74) is 0. The van der Waals surface area contributed by atoms with Crippen molar-refractivity contribution in [1.29, 1.82) is 0 Å². The van der Waals surface area contributed by atoms with Crippen LogP contribution in [0.25, 0.3) is 0 Å². The zero-order valence-corrected chi connectivity index (χ0v) is 9.07. The molecular weight excluding hydrogens is 311 g/mol. The quantitative estimate of drug-likeness (QED) is 0.407. The van der Waals surface area contributed by atoms with Crippen molar-refractivity contribution in [2.75, 3.05) is 0 Å². The van der Waals surface area contributed by atoms with E-state index >= 15 is 0 Å². The van der Waals surface area contributed by atoms with E-state index in [1.54, 1.807) is 22.6 Å². The topological polar surface area (TPSA) is 94.8 Å². The highest BCUT2D eigenvalue weighted by Gasteiger charge is 2.18. The Kier molecular flexibility index (Phi) is 2.68. The molecule has 0 aliphatic heterocycles. The van der Waals surface area contributed by atoms with Gasteiger partial charge in [-0.1, -0.05) is 0 Å². The lowest BCUT2D eigenvalue weighted by atomic mass is 10.3. The molecule has 0 aliphatic carbocycles. The second-order valence-electron chi connectivity index (χ2n) is 2.25. The zero-order chi connectivity index (χ0) is 10.2. The van der Waals surface area contributed by atoms with Crippen molar-refractivity contribution in [2.45, 2.75) is 4.90 Å². The Labute approximate surface area is 87.9 Å². The predicted molar refractivity (Wildman–Crippen MR) is 52.3 cm³/mol. The SMILES string of the molecule is O=S(=O)(O)c1cc(I)cc(O)c1O. The normalized spacial score (nSPS) is 11.5. The lowest BCUT2D eigenvalue weighted by Gasteiger charge is -2.03. The van der Waals surface area contributed by atoms with Crippen molar-refractivity contribution in [2.24, 2.45) is 0 Å². The van der Waals surface area contributed by atoms with Crippen LogP contribution >= 0.6 is 22.6 Å². The third kappa shape index (κ3) is 2.23. The van der Waals surface area contributed by atoms with Crippen molar-refractivity contribution in [3.8, 4) is 11.5 Å². The lowest BCUT2D eigenvalue weighted by Crippen LogP contribution is -1.99. The van der Waals surface area contributed by atoms with Crippen LogP contribution in [0.3, 0.4) is 0 Å². The maximum Gasteiger partial charge on any atom is 0.298 e. The van der Waals surface area contributed by atoms with Gasteiger partial charge in [0.25, 0.3) is 10.1 Å². The smallest absolute Gasteiger partial charge is 0.298 e. The Bertz CT molecular complexity index is 439. The maximum atomic E-state index is 10.6. The molecular formula is C6H5IO5S. The minimum atomic E-state index is -4.49. The van der Waals surface area contributed by atoms with Gasteiger partial charge >= 0.3 is 0 Å². The van der Waals surface area contributed by atoms with Crippen molar-refractivity contribution in [3.05, 3.63) is 15.7 Å². The summed E-state index contributed by atoms with van der Waals surface area (Å²) in [6.45, 7) is 0. The van der Waals surface area contributed by atoms with E-state index in [1.807, 2.05) is 0 Å². The summed E-state index contributed by atoms with van der Waals surface area (Å²) >= 11 is 1.74. The Morgan fingerprint density at radius 3 is 2.23 bits per heavy atom.